The van der Waals surface area contributed by atoms with Crippen LogP contribution in [0.4, 0.5) is 4.79 Å². The van der Waals surface area contributed by atoms with E-state index in [2.05, 4.69) is 10.1 Å². The van der Waals surface area contributed by atoms with Crippen molar-refractivity contribution in [3.63, 3.8) is 0 Å². The van der Waals surface area contributed by atoms with E-state index in [1.807, 2.05) is 12.3 Å². The summed E-state index contributed by atoms with van der Waals surface area (Å²) in [6.45, 7) is 1.16. The van der Waals surface area contributed by atoms with Gasteiger partial charge in [0.15, 0.2) is 0 Å². The Morgan fingerprint density at radius 2 is 2.45 bits per heavy atom. The van der Waals surface area contributed by atoms with E-state index < -0.39 is 0 Å². The first-order valence-corrected chi connectivity index (χ1v) is 3.06. The second-order valence-electron chi connectivity index (χ2n) is 1.96. The van der Waals surface area contributed by atoms with Crippen LogP contribution in [0, 0.1) is 0 Å². The second kappa shape index (κ2) is 4.85. The number of methoxy groups -OCH3 is 1. The predicted molar refractivity (Wildman–Crippen MR) is 43.5 cm³/mol. The summed E-state index contributed by atoms with van der Waals surface area (Å²) in [7, 11) is 1.38. The van der Waals surface area contributed by atoms with E-state index >= 15 is 0 Å². The maximum atomic E-state index is 10.8. The lowest BCUT2D eigenvalue weighted by Gasteiger charge is -2.22. The Kier molecular flexibility index (Phi) is 4.45. The maximum absolute atomic E-state index is 10.8. The van der Waals surface area contributed by atoms with Crippen LogP contribution in [0.2, 0.25) is 0 Å². The van der Waals surface area contributed by atoms with Crippen LogP contribution < -0.4 is 5.32 Å². The number of halogens is 1. The highest BCUT2D eigenvalue weighted by molar-refractivity contribution is 5.85. The molecule has 0 fully saturated rings. The Balaban J connectivity index is 0.000001000. The highest BCUT2D eigenvalue weighted by atomic mass is 35.5. The first kappa shape index (κ1) is 10.1. The van der Waals surface area contributed by atoms with E-state index in [-0.39, 0.29) is 18.5 Å². The summed E-state index contributed by atoms with van der Waals surface area (Å²) in [4.78, 5) is 12.4. The Bertz CT molecular complexity index is 161. The summed E-state index contributed by atoms with van der Waals surface area (Å²) >= 11 is 0. The van der Waals surface area contributed by atoms with Crippen molar-refractivity contribution in [2.75, 3.05) is 20.3 Å². The van der Waals surface area contributed by atoms with Gasteiger partial charge in [0.05, 0.1) is 13.8 Å². The van der Waals surface area contributed by atoms with E-state index in [9.17, 15) is 4.79 Å². The number of carbonyl (C=O) groups excluding carboxylic acids is 1. The molecule has 64 valence electrons. The number of amides is 1. The van der Waals surface area contributed by atoms with E-state index in [1.165, 1.54) is 7.11 Å². The van der Waals surface area contributed by atoms with Crippen LogP contribution in [0.1, 0.15) is 0 Å². The van der Waals surface area contributed by atoms with Gasteiger partial charge in [-0.15, -0.1) is 12.4 Å². The van der Waals surface area contributed by atoms with Crippen LogP contribution in [0.25, 0.3) is 0 Å². The zero-order valence-electron chi connectivity index (χ0n) is 6.24. The fraction of sp³-hybridized carbons (Fsp3) is 0.500. The molecule has 1 heterocycles. The van der Waals surface area contributed by atoms with E-state index in [0.717, 1.165) is 0 Å². The SMILES string of the molecule is COC(=O)N1CC=CNC1.Cl. The lowest BCUT2D eigenvalue weighted by molar-refractivity contribution is 0.125. The molecule has 4 nitrogen and oxygen atoms in total. The van der Waals surface area contributed by atoms with Crippen molar-refractivity contribution in [2.45, 2.75) is 0 Å². The van der Waals surface area contributed by atoms with Crippen molar-refractivity contribution in [3.05, 3.63) is 12.3 Å². The zero-order chi connectivity index (χ0) is 7.40. The van der Waals surface area contributed by atoms with Gasteiger partial charge in [0, 0.05) is 6.54 Å². The third-order valence-electron chi connectivity index (χ3n) is 1.28. The molecule has 1 amide bonds. The molecule has 0 unspecified atom stereocenters. The average Bonchev–Trinajstić information content (AvgIpc) is 2.05. The standard InChI is InChI=1S/C6H10N2O2.ClH/c1-10-6(9)8-4-2-3-7-5-8;/h2-3,7H,4-5H2,1H3;1H. The molecule has 1 rings (SSSR count). The topological polar surface area (TPSA) is 41.6 Å². The van der Waals surface area contributed by atoms with Crippen molar-refractivity contribution in [2.24, 2.45) is 0 Å². The Hall–Kier alpha value is -0.900. The normalized spacial score (nSPS) is 14.8. The molecule has 0 atom stereocenters. The third-order valence-corrected chi connectivity index (χ3v) is 1.28. The number of hydrogen-bond acceptors (Lipinski definition) is 3. The lowest BCUT2D eigenvalue weighted by atomic mass is 10.5. The first-order valence-electron chi connectivity index (χ1n) is 3.06. The zero-order valence-corrected chi connectivity index (χ0v) is 7.06. The van der Waals surface area contributed by atoms with Gasteiger partial charge in [-0.2, -0.15) is 0 Å². The minimum Gasteiger partial charge on any atom is -0.453 e. The van der Waals surface area contributed by atoms with Gasteiger partial charge in [0.2, 0.25) is 0 Å². The molecule has 0 aromatic heterocycles. The minimum absolute atomic E-state index is 0. The van der Waals surface area contributed by atoms with Gasteiger partial charge >= 0.3 is 6.09 Å². The van der Waals surface area contributed by atoms with Gasteiger partial charge < -0.3 is 10.1 Å². The number of hydrogen-bond donors (Lipinski definition) is 1. The number of ether oxygens (including phenoxy) is 1. The summed E-state index contributed by atoms with van der Waals surface area (Å²) in [6, 6.07) is 0. The molecule has 1 aliphatic heterocycles. The summed E-state index contributed by atoms with van der Waals surface area (Å²) < 4.78 is 4.50. The van der Waals surface area contributed by atoms with E-state index in [4.69, 9.17) is 0 Å². The number of nitrogens with one attached hydrogen (secondary N) is 1. The van der Waals surface area contributed by atoms with Crippen molar-refractivity contribution >= 4 is 18.5 Å². The summed E-state index contributed by atoms with van der Waals surface area (Å²) in [5, 5.41) is 2.89. The molecule has 0 bridgehead atoms. The largest absolute Gasteiger partial charge is 0.453 e. The summed E-state index contributed by atoms with van der Waals surface area (Å²) in [5.41, 5.74) is 0. The van der Waals surface area contributed by atoms with Gasteiger partial charge in [-0.3, -0.25) is 4.90 Å². The van der Waals surface area contributed by atoms with Crippen LogP contribution in [-0.2, 0) is 4.74 Å². The second-order valence-corrected chi connectivity index (χ2v) is 1.96. The molecule has 1 N–H and O–H groups in total. The fourth-order valence-electron chi connectivity index (χ4n) is 0.759. The van der Waals surface area contributed by atoms with E-state index in [0.29, 0.717) is 13.2 Å². The molecular weight excluding hydrogens is 168 g/mol. The van der Waals surface area contributed by atoms with Crippen LogP contribution in [0.5, 0.6) is 0 Å². The van der Waals surface area contributed by atoms with Crippen LogP contribution in [0.3, 0.4) is 0 Å². The molecule has 0 saturated carbocycles. The molecule has 0 aromatic rings. The highest BCUT2D eigenvalue weighted by Crippen LogP contribution is 1.94. The molecule has 0 spiro atoms. The van der Waals surface area contributed by atoms with E-state index in [1.54, 1.807) is 4.90 Å². The summed E-state index contributed by atoms with van der Waals surface area (Å²) in [5.74, 6) is 0. The van der Waals surface area contributed by atoms with Gasteiger partial charge in [0.25, 0.3) is 0 Å². The number of rotatable bonds is 0. The molecule has 0 aliphatic carbocycles. The van der Waals surface area contributed by atoms with Gasteiger partial charge in [-0.25, -0.2) is 4.79 Å². The average molecular weight is 179 g/mol. The van der Waals surface area contributed by atoms with Crippen molar-refractivity contribution < 1.29 is 9.53 Å². The number of carbonyl (C=O) groups is 1. The van der Waals surface area contributed by atoms with Crippen molar-refractivity contribution in [1.29, 1.82) is 0 Å². The van der Waals surface area contributed by atoms with Crippen molar-refractivity contribution in [1.82, 2.24) is 10.2 Å². The molecular formula is C6H11ClN2O2. The first-order chi connectivity index (χ1) is 4.84. The Morgan fingerprint density at radius 1 is 1.73 bits per heavy atom. The monoisotopic (exact) mass is 178 g/mol. The lowest BCUT2D eigenvalue weighted by Crippen LogP contribution is -2.39. The predicted octanol–water partition coefficient (Wildman–Crippen LogP) is 0.551. The Labute approximate surface area is 71.6 Å². The van der Waals surface area contributed by atoms with Crippen LogP contribution in [0.15, 0.2) is 12.3 Å². The minimum atomic E-state index is -0.295. The molecule has 0 aromatic carbocycles. The molecule has 0 radical (unpaired) electrons. The quantitative estimate of drug-likeness (QED) is 0.589. The molecule has 5 heteroatoms. The van der Waals surface area contributed by atoms with Gasteiger partial charge in [0.1, 0.15) is 0 Å². The molecule has 1 aliphatic rings. The Morgan fingerprint density at radius 3 is 2.91 bits per heavy atom. The van der Waals surface area contributed by atoms with Gasteiger partial charge in [-0.1, -0.05) is 0 Å². The van der Waals surface area contributed by atoms with Gasteiger partial charge in [-0.05, 0) is 12.3 Å². The highest BCUT2D eigenvalue weighted by Gasteiger charge is 2.12. The number of nitrogens with zero attached hydrogens (tertiary/aromatic N) is 1. The van der Waals surface area contributed by atoms with Crippen molar-refractivity contribution in [3.8, 4) is 0 Å². The third kappa shape index (κ3) is 2.67. The fourth-order valence-corrected chi connectivity index (χ4v) is 0.759. The van der Waals surface area contributed by atoms with Crippen LogP contribution in [-0.4, -0.2) is 31.3 Å². The smallest absolute Gasteiger partial charge is 0.411 e. The van der Waals surface area contributed by atoms with Crippen LogP contribution >= 0.6 is 12.4 Å². The summed E-state index contributed by atoms with van der Waals surface area (Å²) in [6.07, 6.45) is 3.39. The molecule has 11 heavy (non-hydrogen) atoms. The molecule has 0 saturated heterocycles. The maximum Gasteiger partial charge on any atom is 0.411 e.